The summed E-state index contributed by atoms with van der Waals surface area (Å²) in [5, 5.41) is 6.79. The van der Waals surface area contributed by atoms with E-state index in [1.807, 2.05) is 39.0 Å². The molecule has 1 aliphatic rings. The number of guanidine groups is 1. The highest BCUT2D eigenvalue weighted by molar-refractivity contribution is 14.0. The molecule has 1 saturated heterocycles. The maximum Gasteiger partial charge on any atom is 0.407 e. The number of hydrogen-bond acceptors (Lipinski definition) is 4. The van der Waals surface area contributed by atoms with Crippen molar-refractivity contribution in [2.24, 2.45) is 4.99 Å². The van der Waals surface area contributed by atoms with Crippen molar-refractivity contribution in [3.63, 3.8) is 0 Å². The smallest absolute Gasteiger partial charge is 0.407 e. The molecule has 2 N–H and O–H groups in total. The average Bonchev–Trinajstić information content (AvgIpc) is 3.02. The van der Waals surface area contributed by atoms with Crippen LogP contribution in [0.3, 0.4) is 0 Å². The fraction of sp³-hybridized carbons (Fsp3) is 0.579. The Morgan fingerprint density at radius 1 is 1.36 bits per heavy atom. The minimum atomic E-state index is -0.498. The Labute approximate surface area is 189 Å². The number of rotatable bonds is 5. The number of likely N-dealkylation sites (tertiary alicyclic amines) is 1. The first kappa shape index (κ1) is 24.6. The number of aliphatic imine (C=N–C) groups is 1. The Morgan fingerprint density at radius 3 is 2.71 bits per heavy atom. The Bertz CT molecular complexity index is 667. The third-order valence-electron chi connectivity index (χ3n) is 3.90. The molecule has 0 bridgehead atoms. The van der Waals surface area contributed by atoms with Crippen LogP contribution in [0.2, 0.25) is 5.02 Å². The molecule has 9 heteroatoms. The highest BCUT2D eigenvalue weighted by Gasteiger charge is 2.27. The molecule has 0 aromatic heterocycles. The topological polar surface area (TPSA) is 75.2 Å². The second-order valence-corrected chi connectivity index (χ2v) is 7.74. The average molecular weight is 525 g/mol. The molecule has 0 spiro atoms. The summed E-state index contributed by atoms with van der Waals surface area (Å²) in [6, 6.07) is 7.42. The van der Waals surface area contributed by atoms with Crippen LogP contribution in [0, 0.1) is 0 Å². The SMILES string of the molecule is CN=C(NCCOc1ccccc1Cl)N1CC[C@@H](NC(=O)OC(C)(C)C)C1.I. The fourth-order valence-electron chi connectivity index (χ4n) is 2.76. The maximum atomic E-state index is 11.9. The molecule has 1 fully saturated rings. The lowest BCUT2D eigenvalue weighted by Crippen LogP contribution is -2.44. The molecule has 1 aliphatic heterocycles. The monoisotopic (exact) mass is 524 g/mol. The molecule has 1 heterocycles. The normalized spacial score (nSPS) is 17.0. The summed E-state index contributed by atoms with van der Waals surface area (Å²) in [5.41, 5.74) is -0.498. The van der Waals surface area contributed by atoms with Gasteiger partial charge in [-0.3, -0.25) is 4.99 Å². The minimum absolute atomic E-state index is 0. The maximum absolute atomic E-state index is 11.9. The van der Waals surface area contributed by atoms with Gasteiger partial charge in [0.2, 0.25) is 0 Å². The van der Waals surface area contributed by atoms with E-state index in [-0.39, 0.29) is 36.1 Å². The first-order valence-electron chi connectivity index (χ1n) is 9.11. The number of halogens is 2. The Hall–Kier alpha value is -1.42. The van der Waals surface area contributed by atoms with E-state index in [2.05, 4.69) is 20.5 Å². The number of alkyl carbamates (subject to hydrolysis) is 1. The van der Waals surface area contributed by atoms with Gasteiger partial charge in [0.25, 0.3) is 0 Å². The number of nitrogens with one attached hydrogen (secondary N) is 2. The van der Waals surface area contributed by atoms with Crippen molar-refractivity contribution in [2.75, 3.05) is 33.3 Å². The highest BCUT2D eigenvalue weighted by atomic mass is 127. The van der Waals surface area contributed by atoms with Crippen molar-refractivity contribution in [1.29, 1.82) is 0 Å². The van der Waals surface area contributed by atoms with E-state index in [1.54, 1.807) is 13.1 Å². The van der Waals surface area contributed by atoms with Gasteiger partial charge in [-0.25, -0.2) is 4.79 Å². The van der Waals surface area contributed by atoms with Crippen LogP contribution in [0.15, 0.2) is 29.3 Å². The quantitative estimate of drug-likeness (QED) is 0.267. The van der Waals surface area contributed by atoms with E-state index in [1.165, 1.54) is 0 Å². The van der Waals surface area contributed by atoms with Crippen molar-refractivity contribution in [3.05, 3.63) is 29.3 Å². The molecule has 7 nitrogen and oxygen atoms in total. The van der Waals surface area contributed by atoms with Crippen LogP contribution in [-0.4, -0.2) is 61.9 Å². The van der Waals surface area contributed by atoms with E-state index in [0.717, 1.165) is 18.9 Å². The number of benzene rings is 1. The van der Waals surface area contributed by atoms with Crippen LogP contribution in [-0.2, 0) is 4.74 Å². The van der Waals surface area contributed by atoms with Crippen LogP contribution >= 0.6 is 35.6 Å². The summed E-state index contributed by atoms with van der Waals surface area (Å²) in [5.74, 6) is 1.45. The zero-order valence-electron chi connectivity index (χ0n) is 16.8. The summed E-state index contributed by atoms with van der Waals surface area (Å²) in [6.07, 6.45) is 0.459. The number of ether oxygens (including phenoxy) is 2. The summed E-state index contributed by atoms with van der Waals surface area (Å²) < 4.78 is 11.0. The van der Waals surface area contributed by atoms with E-state index in [9.17, 15) is 4.79 Å². The van der Waals surface area contributed by atoms with Crippen molar-refractivity contribution in [1.82, 2.24) is 15.5 Å². The zero-order valence-corrected chi connectivity index (χ0v) is 19.9. The van der Waals surface area contributed by atoms with Crippen LogP contribution in [0.5, 0.6) is 5.75 Å². The largest absolute Gasteiger partial charge is 0.490 e. The number of nitrogens with zero attached hydrogens (tertiary/aromatic N) is 2. The lowest BCUT2D eigenvalue weighted by atomic mass is 10.2. The van der Waals surface area contributed by atoms with Gasteiger partial charge in [0.05, 0.1) is 17.6 Å². The Kier molecular flexibility index (Phi) is 10.2. The minimum Gasteiger partial charge on any atom is -0.490 e. The van der Waals surface area contributed by atoms with E-state index < -0.39 is 5.60 Å². The molecule has 1 aromatic rings. The number of hydrogen-bond donors (Lipinski definition) is 2. The first-order valence-corrected chi connectivity index (χ1v) is 9.49. The molecule has 1 atom stereocenters. The number of amides is 1. The van der Waals surface area contributed by atoms with Crippen LogP contribution in [0.25, 0.3) is 0 Å². The zero-order chi connectivity index (χ0) is 19.9. The molecule has 0 unspecified atom stereocenters. The summed E-state index contributed by atoms with van der Waals surface area (Å²) in [4.78, 5) is 18.3. The Morgan fingerprint density at radius 2 is 2.07 bits per heavy atom. The highest BCUT2D eigenvalue weighted by Crippen LogP contribution is 2.22. The van der Waals surface area contributed by atoms with Crippen LogP contribution in [0.1, 0.15) is 27.2 Å². The van der Waals surface area contributed by atoms with Gasteiger partial charge in [0, 0.05) is 20.1 Å². The number of carbonyl (C=O) groups excluding carboxylic acids is 1. The van der Waals surface area contributed by atoms with Crippen LogP contribution < -0.4 is 15.4 Å². The fourth-order valence-corrected chi connectivity index (χ4v) is 2.95. The van der Waals surface area contributed by atoms with Gasteiger partial charge in [-0.05, 0) is 39.3 Å². The summed E-state index contributed by atoms with van der Waals surface area (Å²) in [6.45, 7) is 8.11. The van der Waals surface area contributed by atoms with Gasteiger partial charge in [0.1, 0.15) is 18.0 Å². The number of para-hydroxylation sites is 1. The molecule has 28 heavy (non-hydrogen) atoms. The lowest BCUT2D eigenvalue weighted by Gasteiger charge is -2.23. The molecule has 2 rings (SSSR count). The van der Waals surface area contributed by atoms with Gasteiger partial charge in [0.15, 0.2) is 5.96 Å². The van der Waals surface area contributed by atoms with Gasteiger partial charge in [-0.2, -0.15) is 0 Å². The number of carbonyl (C=O) groups is 1. The molecule has 0 radical (unpaired) electrons. The molecule has 0 saturated carbocycles. The molecule has 1 aromatic carbocycles. The predicted octanol–water partition coefficient (Wildman–Crippen LogP) is 3.51. The second-order valence-electron chi connectivity index (χ2n) is 7.33. The molecule has 0 aliphatic carbocycles. The van der Waals surface area contributed by atoms with Gasteiger partial charge >= 0.3 is 6.09 Å². The van der Waals surface area contributed by atoms with Crippen molar-refractivity contribution in [2.45, 2.75) is 38.8 Å². The van der Waals surface area contributed by atoms with Crippen molar-refractivity contribution in [3.8, 4) is 5.75 Å². The Balaban J connectivity index is 0.00000392. The predicted molar refractivity (Wildman–Crippen MR) is 123 cm³/mol. The van der Waals surface area contributed by atoms with Crippen molar-refractivity contribution >= 4 is 47.6 Å². The lowest BCUT2D eigenvalue weighted by molar-refractivity contribution is 0.0507. The van der Waals surface area contributed by atoms with E-state index in [4.69, 9.17) is 21.1 Å². The summed E-state index contributed by atoms with van der Waals surface area (Å²) in [7, 11) is 1.74. The standard InChI is InChI=1S/C19H29ClN4O3.HI/c1-19(2,3)27-18(25)23-14-9-11-24(13-14)17(21-4)22-10-12-26-16-8-6-5-7-15(16)20;/h5-8,14H,9-13H2,1-4H3,(H,21,22)(H,23,25);1H/t14-;/m1./s1. The molecule has 1 amide bonds. The second kappa shape index (κ2) is 11.5. The third-order valence-corrected chi connectivity index (χ3v) is 4.21. The van der Waals surface area contributed by atoms with Gasteiger partial charge in [-0.15, -0.1) is 24.0 Å². The summed E-state index contributed by atoms with van der Waals surface area (Å²) >= 11 is 6.07. The van der Waals surface area contributed by atoms with Crippen LogP contribution in [0.4, 0.5) is 4.79 Å². The molecular weight excluding hydrogens is 495 g/mol. The molecule has 158 valence electrons. The van der Waals surface area contributed by atoms with E-state index >= 15 is 0 Å². The van der Waals surface area contributed by atoms with Gasteiger partial charge in [-0.1, -0.05) is 23.7 Å². The first-order chi connectivity index (χ1) is 12.8. The van der Waals surface area contributed by atoms with Gasteiger partial charge < -0.3 is 25.0 Å². The van der Waals surface area contributed by atoms with E-state index in [0.29, 0.717) is 30.5 Å². The molecular formula is C19H30ClIN4O3. The van der Waals surface area contributed by atoms with Crippen molar-refractivity contribution < 1.29 is 14.3 Å². The third kappa shape index (κ3) is 8.30.